The quantitative estimate of drug-likeness (QED) is 0.658. The molecule has 4 N–H and O–H groups in total. The normalized spacial score (nSPS) is 20.6. The molecule has 4 rings (SSSR count). The van der Waals surface area contributed by atoms with Crippen molar-refractivity contribution in [2.75, 3.05) is 5.73 Å². The summed E-state index contributed by atoms with van der Waals surface area (Å²) >= 11 is 4.67. The number of amidine groups is 1. The van der Waals surface area contributed by atoms with E-state index in [0.29, 0.717) is 27.0 Å². The van der Waals surface area contributed by atoms with Crippen molar-refractivity contribution < 1.29 is 4.79 Å². The molecule has 27 heavy (non-hydrogen) atoms. The number of carbonyl (C=O) groups excluding carboxylic acids is 1. The van der Waals surface area contributed by atoms with Crippen LogP contribution in [0.1, 0.15) is 52.9 Å². The summed E-state index contributed by atoms with van der Waals surface area (Å²) in [6.07, 6.45) is 4.88. The van der Waals surface area contributed by atoms with Crippen LogP contribution in [-0.2, 0) is 5.41 Å². The number of halogens is 1. The number of fused-ring (bicyclic) bond motifs is 2. The molecule has 1 aromatic carbocycles. The SMILES string of the molecule is N#C[C@@H]1C(N)=Nc2sc(C(=O)c3ccc(Br)cc3)c(N)c2C12CCCCC2. The number of hydrogen-bond donors (Lipinski definition) is 2. The zero-order valence-electron chi connectivity index (χ0n) is 14.7. The fourth-order valence-corrected chi connectivity index (χ4v) is 5.86. The Bertz CT molecular complexity index is 981. The first-order valence-electron chi connectivity index (χ1n) is 8.94. The maximum absolute atomic E-state index is 13.1. The van der Waals surface area contributed by atoms with Crippen LogP contribution in [0.3, 0.4) is 0 Å². The highest BCUT2D eigenvalue weighted by atomic mass is 79.9. The van der Waals surface area contributed by atoms with Crippen molar-refractivity contribution in [3.05, 3.63) is 44.7 Å². The lowest BCUT2D eigenvalue weighted by molar-refractivity contribution is 0.104. The zero-order chi connectivity index (χ0) is 19.2. The minimum atomic E-state index is -0.488. The molecule has 1 aliphatic heterocycles. The summed E-state index contributed by atoms with van der Waals surface area (Å²) in [5.41, 5.74) is 14.2. The van der Waals surface area contributed by atoms with Crippen LogP contribution in [0.25, 0.3) is 0 Å². The molecule has 7 heteroatoms. The molecule has 2 heterocycles. The van der Waals surface area contributed by atoms with Crippen molar-refractivity contribution >= 4 is 49.6 Å². The van der Waals surface area contributed by atoms with E-state index in [1.165, 1.54) is 11.3 Å². The molecule has 138 valence electrons. The Morgan fingerprint density at radius 3 is 2.52 bits per heavy atom. The highest BCUT2D eigenvalue weighted by molar-refractivity contribution is 9.10. The third-order valence-electron chi connectivity index (χ3n) is 5.69. The second-order valence-electron chi connectivity index (χ2n) is 7.18. The van der Waals surface area contributed by atoms with Gasteiger partial charge in [0.2, 0.25) is 5.78 Å². The number of rotatable bonds is 2. The zero-order valence-corrected chi connectivity index (χ0v) is 17.1. The van der Waals surface area contributed by atoms with Crippen molar-refractivity contribution in [2.24, 2.45) is 16.6 Å². The van der Waals surface area contributed by atoms with Gasteiger partial charge >= 0.3 is 0 Å². The predicted octanol–water partition coefficient (Wildman–Crippen LogP) is 4.67. The average molecular weight is 443 g/mol. The molecule has 0 bridgehead atoms. The van der Waals surface area contributed by atoms with Gasteiger partial charge in [-0.05, 0) is 37.1 Å². The van der Waals surface area contributed by atoms with E-state index in [4.69, 9.17) is 11.5 Å². The summed E-state index contributed by atoms with van der Waals surface area (Å²) in [7, 11) is 0. The first-order chi connectivity index (χ1) is 13.0. The van der Waals surface area contributed by atoms with E-state index in [1.807, 2.05) is 12.1 Å². The van der Waals surface area contributed by atoms with Gasteiger partial charge in [0.05, 0.1) is 11.8 Å². The van der Waals surface area contributed by atoms with Crippen LogP contribution < -0.4 is 11.5 Å². The summed E-state index contributed by atoms with van der Waals surface area (Å²) < 4.78 is 0.910. The van der Waals surface area contributed by atoms with Crippen molar-refractivity contribution in [1.29, 1.82) is 5.26 Å². The Labute approximate surface area is 170 Å². The molecule has 0 unspecified atom stereocenters. The molecule has 5 nitrogen and oxygen atoms in total. The summed E-state index contributed by atoms with van der Waals surface area (Å²) in [4.78, 5) is 18.0. The van der Waals surface area contributed by atoms with Crippen LogP contribution >= 0.6 is 27.3 Å². The number of nitrogens with two attached hydrogens (primary N) is 2. The number of anilines is 1. The van der Waals surface area contributed by atoms with Gasteiger partial charge in [-0.1, -0.05) is 35.2 Å². The van der Waals surface area contributed by atoms with Gasteiger partial charge in [0, 0.05) is 21.0 Å². The minimum absolute atomic E-state index is 0.118. The molecule has 1 spiro atoms. The number of nitrogen functional groups attached to an aromatic ring is 1. The molecule has 1 aromatic heterocycles. The molecular formula is C20H19BrN4OS. The highest BCUT2D eigenvalue weighted by Gasteiger charge is 2.50. The number of aliphatic imine (C=N–C) groups is 1. The first kappa shape index (κ1) is 18.2. The lowest BCUT2D eigenvalue weighted by Crippen LogP contribution is -2.45. The van der Waals surface area contributed by atoms with Crippen molar-refractivity contribution in [1.82, 2.24) is 0 Å². The second kappa shape index (κ2) is 6.77. The molecule has 0 radical (unpaired) electrons. The topological polar surface area (TPSA) is 105 Å². The van der Waals surface area contributed by atoms with Gasteiger partial charge in [0.1, 0.15) is 21.6 Å². The Morgan fingerprint density at radius 2 is 1.89 bits per heavy atom. The summed E-state index contributed by atoms with van der Waals surface area (Å²) in [6, 6.07) is 9.58. The highest BCUT2D eigenvalue weighted by Crippen LogP contribution is 2.56. The Balaban J connectivity index is 1.86. The van der Waals surface area contributed by atoms with Crippen LogP contribution in [0.4, 0.5) is 10.7 Å². The summed E-state index contributed by atoms with van der Waals surface area (Å²) in [5.74, 6) is -0.263. The molecule has 1 atom stereocenters. The Hall–Kier alpha value is -2.17. The Kier molecular flexibility index (Phi) is 4.57. The van der Waals surface area contributed by atoms with Gasteiger partial charge in [0.15, 0.2) is 0 Å². The molecule has 0 amide bonds. The van der Waals surface area contributed by atoms with Crippen LogP contribution in [-0.4, -0.2) is 11.6 Å². The van der Waals surface area contributed by atoms with E-state index in [1.54, 1.807) is 12.1 Å². The number of benzene rings is 1. The van der Waals surface area contributed by atoms with E-state index in [2.05, 4.69) is 27.0 Å². The maximum Gasteiger partial charge on any atom is 0.205 e. The van der Waals surface area contributed by atoms with E-state index < -0.39 is 11.3 Å². The summed E-state index contributed by atoms with van der Waals surface area (Å²) in [5, 5.41) is 10.5. The molecular weight excluding hydrogens is 424 g/mol. The fourth-order valence-electron chi connectivity index (χ4n) is 4.41. The van der Waals surface area contributed by atoms with Crippen molar-refractivity contribution in [3.8, 4) is 6.07 Å². The van der Waals surface area contributed by atoms with Gasteiger partial charge < -0.3 is 11.5 Å². The van der Waals surface area contributed by atoms with Gasteiger partial charge in [-0.3, -0.25) is 4.79 Å². The minimum Gasteiger partial charge on any atom is -0.397 e. The molecule has 1 fully saturated rings. The smallest absolute Gasteiger partial charge is 0.205 e. The third kappa shape index (κ3) is 2.79. The van der Waals surface area contributed by atoms with Crippen LogP contribution in [0, 0.1) is 17.2 Å². The molecule has 1 saturated carbocycles. The first-order valence-corrected chi connectivity index (χ1v) is 10.6. The standard InChI is InChI=1S/C20H19BrN4OS/c21-12-6-4-11(5-7-12)16(26)17-15(23)14-19(27-17)25-18(24)13(10-22)20(14)8-2-1-3-9-20/h4-7,13H,1-3,8-9,23H2,(H2,24,25)/t13-/m1/s1. The van der Waals surface area contributed by atoms with E-state index in [0.717, 1.165) is 42.1 Å². The van der Waals surface area contributed by atoms with E-state index >= 15 is 0 Å². The van der Waals surface area contributed by atoms with Gasteiger partial charge in [-0.15, -0.1) is 11.3 Å². The van der Waals surface area contributed by atoms with E-state index in [-0.39, 0.29) is 5.78 Å². The second-order valence-corrected chi connectivity index (χ2v) is 9.09. The lowest BCUT2D eigenvalue weighted by Gasteiger charge is -2.42. The number of thiophene rings is 1. The maximum atomic E-state index is 13.1. The van der Waals surface area contributed by atoms with Crippen LogP contribution in [0.5, 0.6) is 0 Å². The summed E-state index contributed by atoms with van der Waals surface area (Å²) in [6.45, 7) is 0. The predicted molar refractivity (Wildman–Crippen MR) is 111 cm³/mol. The van der Waals surface area contributed by atoms with Crippen molar-refractivity contribution in [3.63, 3.8) is 0 Å². The molecule has 2 aliphatic rings. The monoisotopic (exact) mass is 442 g/mol. The fraction of sp³-hybridized carbons (Fsp3) is 0.350. The van der Waals surface area contributed by atoms with E-state index in [9.17, 15) is 10.1 Å². The third-order valence-corrected chi connectivity index (χ3v) is 7.32. The van der Waals surface area contributed by atoms with Crippen LogP contribution in [0.2, 0.25) is 0 Å². The van der Waals surface area contributed by atoms with Gasteiger partial charge in [0.25, 0.3) is 0 Å². The number of hydrogen-bond acceptors (Lipinski definition) is 6. The van der Waals surface area contributed by atoms with Crippen molar-refractivity contribution in [2.45, 2.75) is 37.5 Å². The number of carbonyl (C=O) groups is 1. The van der Waals surface area contributed by atoms with Crippen LogP contribution in [0.15, 0.2) is 33.7 Å². The largest absolute Gasteiger partial charge is 0.397 e. The number of ketones is 1. The molecule has 0 saturated heterocycles. The number of nitrogens with zero attached hydrogens (tertiary/aromatic N) is 2. The van der Waals surface area contributed by atoms with Gasteiger partial charge in [-0.2, -0.15) is 5.26 Å². The molecule has 1 aliphatic carbocycles. The number of nitriles is 1. The lowest BCUT2D eigenvalue weighted by atomic mass is 9.61. The average Bonchev–Trinajstić information content (AvgIpc) is 2.99. The Morgan fingerprint density at radius 1 is 1.22 bits per heavy atom. The molecule has 2 aromatic rings. The van der Waals surface area contributed by atoms with Gasteiger partial charge in [-0.25, -0.2) is 4.99 Å².